The van der Waals surface area contributed by atoms with Crippen molar-refractivity contribution in [1.29, 1.82) is 0 Å². The van der Waals surface area contributed by atoms with Crippen molar-refractivity contribution in [3.8, 4) is 0 Å². The summed E-state index contributed by atoms with van der Waals surface area (Å²) in [6.07, 6.45) is 1.39. The van der Waals surface area contributed by atoms with E-state index in [9.17, 15) is 9.59 Å². The Kier molecular flexibility index (Phi) is 6.00. The highest BCUT2D eigenvalue weighted by Crippen LogP contribution is 2.25. The van der Waals surface area contributed by atoms with Crippen LogP contribution in [0.1, 0.15) is 39.9 Å². The number of nitrogens with one attached hydrogen (secondary N) is 1. The number of halogens is 1. The quantitative estimate of drug-likeness (QED) is 0.757. The molecule has 0 atom stereocenters. The molecule has 0 aromatic heterocycles. The Morgan fingerprint density at radius 3 is 2.11 bits per heavy atom. The van der Waals surface area contributed by atoms with E-state index >= 15 is 0 Å². The summed E-state index contributed by atoms with van der Waals surface area (Å²) >= 11 is 3.39. The number of hydrogen-bond donors (Lipinski definition) is 1. The highest BCUT2D eigenvalue weighted by Gasteiger charge is 2.28. The maximum absolute atomic E-state index is 12.7. The van der Waals surface area contributed by atoms with Crippen molar-refractivity contribution in [3.05, 3.63) is 63.1 Å². The molecule has 2 aromatic rings. The topological polar surface area (TPSA) is 49.4 Å². The lowest BCUT2D eigenvalue weighted by Crippen LogP contribution is -2.41. The minimum Gasteiger partial charge on any atom is -0.339 e. The van der Waals surface area contributed by atoms with Gasteiger partial charge in [-0.1, -0.05) is 33.6 Å². The molecule has 142 valence electrons. The lowest BCUT2D eigenvalue weighted by atomic mass is 9.94. The molecular formula is C22H25BrN2O2. The van der Waals surface area contributed by atoms with Gasteiger partial charge in [-0.25, -0.2) is 0 Å². The van der Waals surface area contributed by atoms with Crippen LogP contribution in [0.5, 0.6) is 0 Å². The van der Waals surface area contributed by atoms with Crippen molar-refractivity contribution in [2.75, 3.05) is 18.4 Å². The maximum Gasteiger partial charge on any atom is 0.253 e. The minimum absolute atomic E-state index is 0.0339. The Morgan fingerprint density at radius 2 is 1.56 bits per heavy atom. The maximum atomic E-state index is 12.7. The van der Waals surface area contributed by atoms with Crippen LogP contribution in [-0.2, 0) is 4.79 Å². The van der Waals surface area contributed by atoms with Gasteiger partial charge in [0.05, 0.1) is 0 Å². The van der Waals surface area contributed by atoms with Crippen LogP contribution in [0.4, 0.5) is 5.69 Å². The van der Waals surface area contributed by atoms with Crippen LogP contribution in [0.25, 0.3) is 0 Å². The number of carbonyl (C=O) groups is 2. The summed E-state index contributed by atoms with van der Waals surface area (Å²) in [4.78, 5) is 27.2. The second-order valence-corrected chi connectivity index (χ2v) is 8.25. The molecule has 2 aromatic carbocycles. The average molecular weight is 429 g/mol. The van der Waals surface area contributed by atoms with E-state index in [0.717, 1.165) is 21.3 Å². The van der Waals surface area contributed by atoms with Gasteiger partial charge in [-0.15, -0.1) is 0 Å². The molecule has 27 heavy (non-hydrogen) atoms. The summed E-state index contributed by atoms with van der Waals surface area (Å²) in [7, 11) is 0. The van der Waals surface area contributed by atoms with E-state index in [4.69, 9.17) is 0 Å². The van der Waals surface area contributed by atoms with Gasteiger partial charge < -0.3 is 10.2 Å². The van der Waals surface area contributed by atoms with Gasteiger partial charge in [-0.3, -0.25) is 9.59 Å². The van der Waals surface area contributed by atoms with Crippen LogP contribution in [0.3, 0.4) is 0 Å². The smallest absolute Gasteiger partial charge is 0.253 e. The Balaban J connectivity index is 1.59. The average Bonchev–Trinajstić information content (AvgIpc) is 2.64. The molecule has 4 nitrogen and oxygen atoms in total. The lowest BCUT2D eigenvalue weighted by molar-refractivity contribution is -0.121. The Labute approximate surface area is 169 Å². The van der Waals surface area contributed by atoms with Gasteiger partial charge in [-0.2, -0.15) is 0 Å². The second kappa shape index (κ2) is 8.26. The number of likely N-dealkylation sites (tertiary alicyclic amines) is 1. The molecule has 1 fully saturated rings. The van der Waals surface area contributed by atoms with Crippen LogP contribution in [-0.4, -0.2) is 29.8 Å². The zero-order valence-corrected chi connectivity index (χ0v) is 17.6. The molecule has 5 heteroatoms. The van der Waals surface area contributed by atoms with E-state index in [2.05, 4.69) is 40.3 Å². The van der Waals surface area contributed by atoms with Gasteiger partial charge in [-0.05, 0) is 69.0 Å². The Hall–Kier alpha value is -2.14. The van der Waals surface area contributed by atoms with E-state index in [1.54, 1.807) is 0 Å². The molecule has 1 saturated heterocycles. The third-order valence-electron chi connectivity index (χ3n) is 5.17. The van der Waals surface area contributed by atoms with Gasteiger partial charge >= 0.3 is 0 Å². The van der Waals surface area contributed by atoms with Crippen LogP contribution >= 0.6 is 15.9 Å². The number of rotatable bonds is 3. The fraction of sp³-hybridized carbons (Fsp3) is 0.364. The highest BCUT2D eigenvalue weighted by atomic mass is 79.9. The normalized spacial score (nSPS) is 14.9. The predicted molar refractivity (Wildman–Crippen MR) is 112 cm³/mol. The van der Waals surface area contributed by atoms with Crippen LogP contribution in [0.15, 0.2) is 40.9 Å². The molecule has 0 bridgehead atoms. The second-order valence-electron chi connectivity index (χ2n) is 7.34. The van der Waals surface area contributed by atoms with Gasteiger partial charge in [0, 0.05) is 34.7 Å². The zero-order chi connectivity index (χ0) is 19.6. The number of aryl methyl sites for hydroxylation is 3. The first-order chi connectivity index (χ1) is 12.8. The van der Waals surface area contributed by atoms with Crippen LogP contribution < -0.4 is 5.32 Å². The SMILES string of the molecule is Cc1cc(C)c(NC(=O)C2CCN(C(=O)c3ccc(Br)cc3)CC2)c(C)c1. The molecule has 2 amide bonds. The van der Waals surface area contributed by atoms with Gasteiger partial charge in [0.1, 0.15) is 0 Å². The Morgan fingerprint density at radius 1 is 1.00 bits per heavy atom. The standard InChI is InChI=1S/C22H25BrN2O2/c1-14-12-15(2)20(16(3)13-14)24-21(26)17-8-10-25(11-9-17)22(27)18-4-6-19(23)7-5-18/h4-7,12-13,17H,8-11H2,1-3H3,(H,24,26). The van der Waals surface area contributed by atoms with E-state index < -0.39 is 0 Å². The number of nitrogens with zero attached hydrogens (tertiary/aromatic N) is 1. The van der Waals surface area contributed by atoms with Crippen molar-refractivity contribution in [2.45, 2.75) is 33.6 Å². The molecule has 0 aliphatic carbocycles. The summed E-state index contributed by atoms with van der Waals surface area (Å²) in [5.74, 6) is 0.0337. The minimum atomic E-state index is -0.0564. The number of amides is 2. The number of hydrogen-bond acceptors (Lipinski definition) is 2. The molecule has 0 saturated carbocycles. The molecule has 0 spiro atoms. The van der Waals surface area contributed by atoms with Crippen LogP contribution in [0.2, 0.25) is 0 Å². The first-order valence-electron chi connectivity index (χ1n) is 9.28. The summed E-state index contributed by atoms with van der Waals surface area (Å²) in [5, 5.41) is 3.11. The van der Waals surface area contributed by atoms with Gasteiger partial charge in [0.2, 0.25) is 5.91 Å². The number of piperidine rings is 1. The molecule has 1 heterocycles. The third-order valence-corrected chi connectivity index (χ3v) is 5.70. The molecule has 0 radical (unpaired) electrons. The summed E-state index contributed by atoms with van der Waals surface area (Å²) in [6.45, 7) is 7.33. The molecule has 1 aliphatic rings. The summed E-state index contributed by atoms with van der Waals surface area (Å²) in [6, 6.07) is 11.6. The van der Waals surface area contributed by atoms with E-state index in [0.29, 0.717) is 31.5 Å². The number of anilines is 1. The molecular weight excluding hydrogens is 404 g/mol. The van der Waals surface area contributed by atoms with Crippen molar-refractivity contribution < 1.29 is 9.59 Å². The summed E-state index contributed by atoms with van der Waals surface area (Å²) in [5.41, 5.74) is 4.97. The monoisotopic (exact) mass is 428 g/mol. The number of carbonyl (C=O) groups excluding carboxylic acids is 2. The van der Waals surface area contributed by atoms with E-state index in [1.165, 1.54) is 5.56 Å². The fourth-order valence-electron chi connectivity index (χ4n) is 3.72. The first-order valence-corrected chi connectivity index (χ1v) is 10.1. The van der Waals surface area contributed by atoms with Crippen molar-refractivity contribution in [3.63, 3.8) is 0 Å². The van der Waals surface area contributed by atoms with E-state index in [1.807, 2.05) is 43.0 Å². The largest absolute Gasteiger partial charge is 0.339 e. The van der Waals surface area contributed by atoms with Crippen molar-refractivity contribution in [1.82, 2.24) is 4.90 Å². The predicted octanol–water partition coefficient (Wildman–Crippen LogP) is 4.87. The molecule has 1 N–H and O–H groups in total. The molecule has 3 rings (SSSR count). The van der Waals surface area contributed by atoms with Crippen molar-refractivity contribution >= 4 is 33.4 Å². The Bertz CT molecular complexity index is 830. The third kappa shape index (κ3) is 4.59. The fourth-order valence-corrected chi connectivity index (χ4v) is 3.99. The van der Waals surface area contributed by atoms with E-state index in [-0.39, 0.29) is 17.7 Å². The first kappa shape index (κ1) is 19.6. The van der Waals surface area contributed by atoms with Gasteiger partial charge in [0.15, 0.2) is 0 Å². The molecule has 0 unspecified atom stereocenters. The van der Waals surface area contributed by atoms with Crippen LogP contribution in [0, 0.1) is 26.7 Å². The highest BCUT2D eigenvalue weighted by molar-refractivity contribution is 9.10. The van der Waals surface area contributed by atoms with Crippen molar-refractivity contribution in [2.24, 2.45) is 5.92 Å². The molecule has 1 aliphatic heterocycles. The zero-order valence-electron chi connectivity index (χ0n) is 16.0. The number of benzene rings is 2. The van der Waals surface area contributed by atoms with Gasteiger partial charge in [0.25, 0.3) is 5.91 Å². The summed E-state index contributed by atoms with van der Waals surface area (Å²) < 4.78 is 0.955. The lowest BCUT2D eigenvalue weighted by Gasteiger charge is -2.31.